The number of benzene rings is 1. The quantitative estimate of drug-likeness (QED) is 0.622. The molecule has 0 saturated carbocycles. The van der Waals surface area contributed by atoms with Crippen LogP contribution in [0.5, 0.6) is 0 Å². The molecule has 6 heteroatoms. The van der Waals surface area contributed by atoms with Crippen LogP contribution in [0.25, 0.3) is 0 Å². The van der Waals surface area contributed by atoms with Crippen molar-refractivity contribution in [2.75, 3.05) is 50.5 Å². The summed E-state index contributed by atoms with van der Waals surface area (Å²) in [5.74, 6) is 2.16. The van der Waals surface area contributed by atoms with E-state index in [9.17, 15) is 0 Å². The number of nitrogens with one attached hydrogen (secondary N) is 2. The Hall–Kier alpha value is -1.40. The number of aliphatic imine (C=N–C) groups is 1. The number of ether oxygens (including phenoxy) is 1. The van der Waals surface area contributed by atoms with Crippen molar-refractivity contribution >= 4 is 23.4 Å². The van der Waals surface area contributed by atoms with Gasteiger partial charge in [-0.25, -0.2) is 0 Å². The Morgan fingerprint density at radius 2 is 2.08 bits per heavy atom. The maximum Gasteiger partial charge on any atom is 0.191 e. The first-order valence-corrected chi connectivity index (χ1v) is 10.2. The van der Waals surface area contributed by atoms with E-state index >= 15 is 0 Å². The minimum absolute atomic E-state index is 0.337. The molecule has 0 radical (unpaired) electrons. The summed E-state index contributed by atoms with van der Waals surface area (Å²) in [5.41, 5.74) is 2.60. The number of morpholine rings is 1. The summed E-state index contributed by atoms with van der Waals surface area (Å²) in [4.78, 5) is 6.80. The molecule has 2 heterocycles. The molecule has 2 N–H and O–H groups in total. The van der Waals surface area contributed by atoms with Crippen LogP contribution in [0.4, 0.5) is 5.69 Å². The third kappa shape index (κ3) is 5.05. The first-order valence-electron chi connectivity index (χ1n) is 9.19. The normalized spacial score (nSPS) is 24.4. The third-order valence-electron chi connectivity index (χ3n) is 4.94. The van der Waals surface area contributed by atoms with E-state index in [1.807, 2.05) is 7.05 Å². The van der Waals surface area contributed by atoms with Crippen LogP contribution in [0.1, 0.15) is 25.3 Å². The first-order chi connectivity index (χ1) is 12.2. The minimum Gasteiger partial charge on any atom is -0.378 e. The molecule has 2 fully saturated rings. The maximum absolute atomic E-state index is 5.48. The van der Waals surface area contributed by atoms with Crippen molar-refractivity contribution < 1.29 is 4.74 Å². The summed E-state index contributed by atoms with van der Waals surface area (Å²) in [6.45, 7) is 7.61. The Kier molecular flexibility index (Phi) is 6.48. The van der Waals surface area contributed by atoms with Gasteiger partial charge >= 0.3 is 0 Å². The van der Waals surface area contributed by atoms with Crippen molar-refractivity contribution in [3.63, 3.8) is 0 Å². The zero-order chi connectivity index (χ0) is 17.5. The fourth-order valence-electron chi connectivity index (χ4n) is 3.42. The van der Waals surface area contributed by atoms with Gasteiger partial charge in [-0.05, 0) is 37.1 Å². The van der Waals surface area contributed by atoms with Crippen LogP contribution in [-0.2, 0) is 11.3 Å². The lowest BCUT2D eigenvalue weighted by atomic mass is 10.1. The third-order valence-corrected chi connectivity index (χ3v) is 6.48. The van der Waals surface area contributed by atoms with E-state index in [0.717, 1.165) is 45.4 Å². The lowest BCUT2D eigenvalue weighted by Gasteiger charge is -2.31. The van der Waals surface area contributed by atoms with E-state index < -0.39 is 0 Å². The minimum atomic E-state index is 0.337. The molecule has 138 valence electrons. The Labute approximate surface area is 155 Å². The first kappa shape index (κ1) is 18.4. The average molecular weight is 363 g/mol. The number of hydrogen-bond donors (Lipinski definition) is 2. The number of hydrogen-bond acceptors (Lipinski definition) is 4. The van der Waals surface area contributed by atoms with Gasteiger partial charge in [0.05, 0.1) is 13.2 Å². The van der Waals surface area contributed by atoms with Crippen molar-refractivity contribution in [3.05, 3.63) is 29.8 Å². The molecule has 3 rings (SSSR count). The highest BCUT2D eigenvalue weighted by atomic mass is 32.2. The molecule has 0 bridgehead atoms. The predicted molar refractivity (Wildman–Crippen MR) is 108 cm³/mol. The molecule has 0 aromatic heterocycles. The van der Waals surface area contributed by atoms with Gasteiger partial charge < -0.3 is 20.3 Å². The second-order valence-corrected chi connectivity index (χ2v) is 8.59. The van der Waals surface area contributed by atoms with E-state index in [1.54, 1.807) is 0 Å². The number of anilines is 1. The van der Waals surface area contributed by atoms with Crippen LogP contribution in [-0.4, -0.2) is 56.4 Å². The second-order valence-electron chi connectivity index (χ2n) is 6.91. The molecule has 1 unspecified atom stereocenters. The molecular weight excluding hydrogens is 332 g/mol. The lowest BCUT2D eigenvalue weighted by molar-refractivity contribution is 0.122. The molecule has 1 aromatic rings. The van der Waals surface area contributed by atoms with E-state index in [2.05, 4.69) is 63.5 Å². The van der Waals surface area contributed by atoms with Crippen molar-refractivity contribution in [2.24, 2.45) is 4.99 Å². The summed E-state index contributed by atoms with van der Waals surface area (Å²) in [6, 6.07) is 8.61. The standard InChI is InChI=1S/C19H30N4OS/c1-19(8-5-13-25-19)15-22-18(20-2)21-14-16-6-3-4-7-17(16)23-9-11-24-12-10-23/h3-4,6-7H,5,8-15H2,1-2H3,(H2,20,21,22). The summed E-state index contributed by atoms with van der Waals surface area (Å²) in [5, 5.41) is 6.98. The van der Waals surface area contributed by atoms with Crippen LogP contribution in [0, 0.1) is 0 Å². The monoisotopic (exact) mass is 362 g/mol. The van der Waals surface area contributed by atoms with Gasteiger partial charge in [0, 0.05) is 43.7 Å². The summed E-state index contributed by atoms with van der Waals surface area (Å²) < 4.78 is 5.82. The van der Waals surface area contributed by atoms with E-state index in [-0.39, 0.29) is 0 Å². The molecule has 1 aromatic carbocycles. The molecule has 25 heavy (non-hydrogen) atoms. The van der Waals surface area contributed by atoms with E-state index in [4.69, 9.17) is 4.74 Å². The number of para-hydroxylation sites is 1. The van der Waals surface area contributed by atoms with Crippen molar-refractivity contribution in [1.29, 1.82) is 0 Å². The zero-order valence-electron chi connectivity index (χ0n) is 15.4. The molecule has 0 aliphatic carbocycles. The molecule has 2 saturated heterocycles. The van der Waals surface area contributed by atoms with Crippen molar-refractivity contribution in [2.45, 2.75) is 31.1 Å². The molecule has 0 amide bonds. The summed E-state index contributed by atoms with van der Waals surface area (Å²) in [7, 11) is 1.84. The predicted octanol–water partition coefficient (Wildman–Crippen LogP) is 2.47. The molecule has 0 spiro atoms. The summed E-state index contributed by atoms with van der Waals surface area (Å²) >= 11 is 2.07. The van der Waals surface area contributed by atoms with Gasteiger partial charge in [0.1, 0.15) is 0 Å². The number of thioether (sulfide) groups is 1. The number of nitrogens with zero attached hydrogens (tertiary/aromatic N) is 2. The smallest absolute Gasteiger partial charge is 0.191 e. The van der Waals surface area contributed by atoms with E-state index in [0.29, 0.717) is 4.75 Å². The van der Waals surface area contributed by atoms with Gasteiger partial charge in [-0.1, -0.05) is 18.2 Å². The Bertz CT molecular complexity index is 581. The largest absolute Gasteiger partial charge is 0.378 e. The fourth-order valence-corrected chi connectivity index (χ4v) is 4.66. The maximum atomic E-state index is 5.48. The highest BCUT2D eigenvalue weighted by Crippen LogP contribution is 2.36. The SMILES string of the molecule is CN=C(NCc1ccccc1N1CCOCC1)NCC1(C)CCCS1. The molecule has 1 atom stereocenters. The van der Waals surface area contributed by atoms with Crippen LogP contribution in [0.2, 0.25) is 0 Å². The summed E-state index contributed by atoms with van der Waals surface area (Å²) in [6.07, 6.45) is 2.60. The van der Waals surface area contributed by atoms with E-state index in [1.165, 1.54) is 29.8 Å². The van der Waals surface area contributed by atoms with Gasteiger partial charge in [0.15, 0.2) is 5.96 Å². The van der Waals surface area contributed by atoms with Crippen LogP contribution >= 0.6 is 11.8 Å². The van der Waals surface area contributed by atoms with Gasteiger partial charge in [-0.15, -0.1) is 0 Å². The Balaban J connectivity index is 1.56. The highest BCUT2D eigenvalue weighted by Gasteiger charge is 2.29. The molecule has 2 aliphatic heterocycles. The van der Waals surface area contributed by atoms with Gasteiger partial charge in [0.25, 0.3) is 0 Å². The Morgan fingerprint density at radius 1 is 1.28 bits per heavy atom. The Morgan fingerprint density at radius 3 is 2.80 bits per heavy atom. The second kappa shape index (κ2) is 8.81. The highest BCUT2D eigenvalue weighted by molar-refractivity contribution is 8.00. The molecular formula is C19H30N4OS. The van der Waals surface area contributed by atoms with Crippen molar-refractivity contribution in [1.82, 2.24) is 10.6 Å². The van der Waals surface area contributed by atoms with Gasteiger partial charge in [0.2, 0.25) is 0 Å². The topological polar surface area (TPSA) is 48.9 Å². The lowest BCUT2D eigenvalue weighted by Crippen LogP contribution is -2.43. The average Bonchev–Trinajstić information content (AvgIpc) is 3.10. The van der Waals surface area contributed by atoms with Crippen molar-refractivity contribution in [3.8, 4) is 0 Å². The number of guanidine groups is 1. The van der Waals surface area contributed by atoms with Crippen LogP contribution < -0.4 is 15.5 Å². The van der Waals surface area contributed by atoms with Gasteiger partial charge in [-0.3, -0.25) is 4.99 Å². The van der Waals surface area contributed by atoms with Crippen LogP contribution in [0.15, 0.2) is 29.3 Å². The molecule has 5 nitrogen and oxygen atoms in total. The van der Waals surface area contributed by atoms with Crippen LogP contribution in [0.3, 0.4) is 0 Å². The van der Waals surface area contributed by atoms with Gasteiger partial charge in [-0.2, -0.15) is 11.8 Å². The molecule has 2 aliphatic rings. The number of rotatable bonds is 5. The fraction of sp³-hybridized carbons (Fsp3) is 0.632. The zero-order valence-corrected chi connectivity index (χ0v) is 16.2.